The Balaban J connectivity index is 1.75. The second-order valence-corrected chi connectivity index (χ2v) is 4.68. The number of hydrogen-bond acceptors (Lipinski definition) is 3. The lowest BCUT2D eigenvalue weighted by atomic mass is 10.1. The molecule has 1 aromatic carbocycles. The molecule has 0 aliphatic rings. The van der Waals surface area contributed by atoms with Gasteiger partial charge in [0.15, 0.2) is 0 Å². The predicted molar refractivity (Wildman–Crippen MR) is 76.3 cm³/mol. The minimum Gasteiger partial charge on any atom is -0.497 e. The van der Waals surface area contributed by atoms with Crippen LogP contribution in [0.15, 0.2) is 30.3 Å². The maximum absolute atomic E-state index is 5.14. The molecule has 102 valence electrons. The van der Waals surface area contributed by atoms with Crippen molar-refractivity contribution in [3.05, 3.63) is 47.3 Å². The highest BCUT2D eigenvalue weighted by Gasteiger charge is 2.01. The molecule has 0 atom stereocenters. The fourth-order valence-electron chi connectivity index (χ4n) is 2.07. The van der Waals surface area contributed by atoms with Crippen molar-refractivity contribution in [2.24, 2.45) is 7.05 Å². The van der Waals surface area contributed by atoms with Gasteiger partial charge in [0.05, 0.1) is 18.5 Å². The van der Waals surface area contributed by atoms with E-state index in [-0.39, 0.29) is 0 Å². The van der Waals surface area contributed by atoms with Gasteiger partial charge in [0, 0.05) is 13.6 Å². The SMILES string of the molecule is COc1ccc(CCNCc2cc(C)nn2C)cc1. The first-order chi connectivity index (χ1) is 9.19. The van der Waals surface area contributed by atoms with Gasteiger partial charge in [-0.25, -0.2) is 0 Å². The largest absolute Gasteiger partial charge is 0.497 e. The van der Waals surface area contributed by atoms with E-state index in [1.54, 1.807) is 7.11 Å². The Morgan fingerprint density at radius 3 is 2.58 bits per heavy atom. The number of methoxy groups -OCH3 is 1. The van der Waals surface area contributed by atoms with Crippen molar-refractivity contribution >= 4 is 0 Å². The van der Waals surface area contributed by atoms with Crippen LogP contribution in [0.3, 0.4) is 0 Å². The van der Waals surface area contributed by atoms with Crippen molar-refractivity contribution in [2.75, 3.05) is 13.7 Å². The zero-order valence-corrected chi connectivity index (χ0v) is 11.8. The van der Waals surface area contributed by atoms with E-state index in [0.29, 0.717) is 0 Å². The molecule has 0 unspecified atom stereocenters. The maximum Gasteiger partial charge on any atom is 0.118 e. The number of nitrogens with one attached hydrogen (secondary N) is 1. The first kappa shape index (κ1) is 13.6. The Morgan fingerprint density at radius 1 is 1.26 bits per heavy atom. The predicted octanol–water partition coefficient (Wildman–Crippen LogP) is 2.07. The summed E-state index contributed by atoms with van der Waals surface area (Å²) >= 11 is 0. The first-order valence-electron chi connectivity index (χ1n) is 6.52. The van der Waals surface area contributed by atoms with Gasteiger partial charge in [-0.1, -0.05) is 12.1 Å². The molecule has 0 radical (unpaired) electrons. The van der Waals surface area contributed by atoms with Gasteiger partial charge in [0.1, 0.15) is 5.75 Å². The molecular formula is C15H21N3O. The van der Waals surface area contributed by atoms with Crippen molar-refractivity contribution < 1.29 is 4.74 Å². The second kappa shape index (κ2) is 6.38. The van der Waals surface area contributed by atoms with Crippen LogP contribution in [-0.2, 0) is 20.0 Å². The quantitative estimate of drug-likeness (QED) is 0.807. The van der Waals surface area contributed by atoms with Crippen LogP contribution in [-0.4, -0.2) is 23.4 Å². The molecule has 1 heterocycles. The average molecular weight is 259 g/mol. The van der Waals surface area contributed by atoms with Gasteiger partial charge < -0.3 is 10.1 Å². The van der Waals surface area contributed by atoms with E-state index in [9.17, 15) is 0 Å². The molecule has 4 nitrogen and oxygen atoms in total. The molecular weight excluding hydrogens is 238 g/mol. The summed E-state index contributed by atoms with van der Waals surface area (Å²) in [7, 11) is 3.67. The Hall–Kier alpha value is -1.81. The summed E-state index contributed by atoms with van der Waals surface area (Å²) < 4.78 is 7.07. The van der Waals surface area contributed by atoms with Crippen LogP contribution in [0.25, 0.3) is 0 Å². The van der Waals surface area contributed by atoms with Crippen LogP contribution in [0.2, 0.25) is 0 Å². The number of nitrogens with zero attached hydrogens (tertiary/aromatic N) is 2. The molecule has 0 saturated carbocycles. The van der Waals surface area contributed by atoms with Crippen molar-refractivity contribution in [2.45, 2.75) is 19.9 Å². The van der Waals surface area contributed by atoms with Crippen LogP contribution in [0, 0.1) is 6.92 Å². The van der Waals surface area contributed by atoms with Gasteiger partial charge in [-0.15, -0.1) is 0 Å². The number of benzene rings is 1. The molecule has 0 bridgehead atoms. The summed E-state index contributed by atoms with van der Waals surface area (Å²) in [4.78, 5) is 0. The lowest BCUT2D eigenvalue weighted by Crippen LogP contribution is -2.18. The van der Waals surface area contributed by atoms with E-state index < -0.39 is 0 Å². The number of ether oxygens (including phenoxy) is 1. The highest BCUT2D eigenvalue weighted by atomic mass is 16.5. The van der Waals surface area contributed by atoms with Gasteiger partial charge in [-0.05, 0) is 43.7 Å². The van der Waals surface area contributed by atoms with Crippen molar-refractivity contribution in [3.63, 3.8) is 0 Å². The summed E-state index contributed by atoms with van der Waals surface area (Å²) in [5.41, 5.74) is 3.59. The van der Waals surface area contributed by atoms with Crippen LogP contribution < -0.4 is 10.1 Å². The Kier molecular flexibility index (Phi) is 4.58. The number of aryl methyl sites for hydroxylation is 2. The van der Waals surface area contributed by atoms with Crippen LogP contribution in [0.4, 0.5) is 0 Å². The van der Waals surface area contributed by atoms with E-state index in [1.807, 2.05) is 30.8 Å². The molecule has 0 saturated heterocycles. The highest BCUT2D eigenvalue weighted by molar-refractivity contribution is 5.27. The van der Waals surface area contributed by atoms with Gasteiger partial charge in [-0.2, -0.15) is 5.10 Å². The summed E-state index contributed by atoms with van der Waals surface area (Å²) in [5, 5.41) is 7.77. The number of aromatic nitrogens is 2. The van der Waals surface area contributed by atoms with E-state index in [2.05, 4.69) is 28.6 Å². The maximum atomic E-state index is 5.14. The Morgan fingerprint density at radius 2 is 2.00 bits per heavy atom. The number of hydrogen-bond donors (Lipinski definition) is 1. The summed E-state index contributed by atoms with van der Waals surface area (Å²) in [6.07, 6.45) is 1.01. The van der Waals surface area contributed by atoms with Crippen LogP contribution in [0.5, 0.6) is 5.75 Å². The smallest absolute Gasteiger partial charge is 0.118 e. The lowest BCUT2D eigenvalue weighted by molar-refractivity contribution is 0.414. The fourth-order valence-corrected chi connectivity index (χ4v) is 2.07. The zero-order valence-electron chi connectivity index (χ0n) is 11.8. The average Bonchev–Trinajstić information content (AvgIpc) is 2.74. The van der Waals surface area contributed by atoms with Gasteiger partial charge in [0.2, 0.25) is 0 Å². The third-order valence-corrected chi connectivity index (χ3v) is 3.15. The fraction of sp³-hybridized carbons (Fsp3) is 0.400. The van der Waals surface area contributed by atoms with Crippen LogP contribution >= 0.6 is 0 Å². The lowest BCUT2D eigenvalue weighted by Gasteiger charge is -2.06. The summed E-state index contributed by atoms with van der Waals surface area (Å²) in [6.45, 7) is 3.82. The Bertz CT molecular complexity index is 517. The molecule has 0 amide bonds. The standard InChI is InChI=1S/C15H21N3O/c1-12-10-14(18(2)17-12)11-16-9-8-13-4-6-15(19-3)7-5-13/h4-7,10,16H,8-9,11H2,1-3H3. The van der Waals surface area contributed by atoms with Crippen molar-refractivity contribution in [1.29, 1.82) is 0 Å². The first-order valence-corrected chi connectivity index (χ1v) is 6.52. The van der Waals surface area contributed by atoms with Gasteiger partial charge in [-0.3, -0.25) is 4.68 Å². The van der Waals surface area contributed by atoms with Gasteiger partial charge in [0.25, 0.3) is 0 Å². The molecule has 19 heavy (non-hydrogen) atoms. The van der Waals surface area contributed by atoms with E-state index in [1.165, 1.54) is 11.3 Å². The molecule has 0 fully saturated rings. The molecule has 0 spiro atoms. The molecule has 1 N–H and O–H groups in total. The van der Waals surface area contributed by atoms with Gasteiger partial charge >= 0.3 is 0 Å². The monoisotopic (exact) mass is 259 g/mol. The minimum absolute atomic E-state index is 0.855. The Labute approximate surface area is 114 Å². The number of rotatable bonds is 6. The third-order valence-electron chi connectivity index (χ3n) is 3.15. The highest BCUT2D eigenvalue weighted by Crippen LogP contribution is 2.11. The molecule has 2 aromatic rings. The minimum atomic E-state index is 0.855. The molecule has 0 aliphatic carbocycles. The molecule has 0 aliphatic heterocycles. The molecule has 2 rings (SSSR count). The molecule has 1 aromatic heterocycles. The second-order valence-electron chi connectivity index (χ2n) is 4.68. The van der Waals surface area contributed by atoms with Crippen molar-refractivity contribution in [1.82, 2.24) is 15.1 Å². The molecule has 4 heteroatoms. The van der Waals surface area contributed by atoms with E-state index in [4.69, 9.17) is 4.74 Å². The summed E-state index contributed by atoms with van der Waals surface area (Å²) in [6, 6.07) is 10.3. The summed E-state index contributed by atoms with van der Waals surface area (Å²) in [5.74, 6) is 0.905. The third kappa shape index (κ3) is 3.83. The van der Waals surface area contributed by atoms with E-state index in [0.717, 1.165) is 31.0 Å². The zero-order chi connectivity index (χ0) is 13.7. The topological polar surface area (TPSA) is 39.1 Å². The van der Waals surface area contributed by atoms with E-state index >= 15 is 0 Å². The van der Waals surface area contributed by atoms with Crippen LogP contribution in [0.1, 0.15) is 17.0 Å². The van der Waals surface area contributed by atoms with Crippen molar-refractivity contribution in [3.8, 4) is 5.75 Å². The normalized spacial score (nSPS) is 10.7.